The van der Waals surface area contributed by atoms with E-state index in [2.05, 4.69) is 20.8 Å². The predicted molar refractivity (Wildman–Crippen MR) is 206 cm³/mol. The lowest BCUT2D eigenvalue weighted by molar-refractivity contribution is -0.218. The number of carbonyl (C=O) groups excluding carboxylic acids is 5. The number of rotatable bonds is 10. The summed E-state index contributed by atoms with van der Waals surface area (Å²) >= 11 is 0. The number of benzene rings is 3. The van der Waals surface area contributed by atoms with Crippen molar-refractivity contribution in [3.63, 3.8) is 0 Å². The molecule has 0 bridgehead atoms. The number of ether oxygens (including phenoxy) is 4. The van der Waals surface area contributed by atoms with Gasteiger partial charge in [0, 0.05) is 30.2 Å². The van der Waals surface area contributed by atoms with Crippen molar-refractivity contribution < 1.29 is 42.9 Å². The molecule has 55 heavy (non-hydrogen) atoms. The summed E-state index contributed by atoms with van der Waals surface area (Å²) in [4.78, 5) is 65.3. The van der Waals surface area contributed by atoms with E-state index in [9.17, 15) is 24.0 Å². The average molecular weight is 751 g/mol. The van der Waals surface area contributed by atoms with E-state index in [1.807, 2.05) is 42.5 Å². The van der Waals surface area contributed by atoms with Crippen molar-refractivity contribution in [2.45, 2.75) is 104 Å². The molecule has 0 heterocycles. The van der Waals surface area contributed by atoms with Gasteiger partial charge in [-0.3, -0.25) is 14.4 Å². The van der Waals surface area contributed by atoms with E-state index in [-0.39, 0.29) is 64.9 Å². The second-order valence-electron chi connectivity index (χ2n) is 17.2. The van der Waals surface area contributed by atoms with E-state index in [4.69, 9.17) is 18.9 Å². The third kappa shape index (κ3) is 7.31. The molecule has 292 valence electrons. The smallest absolute Gasteiger partial charge is 0.379 e. The van der Waals surface area contributed by atoms with Crippen molar-refractivity contribution >= 4 is 40.4 Å². The van der Waals surface area contributed by atoms with Crippen LogP contribution in [-0.4, -0.2) is 55.1 Å². The zero-order valence-electron chi connectivity index (χ0n) is 32.7. The molecule has 3 aromatic carbocycles. The third-order valence-electron chi connectivity index (χ3n) is 14.5. The van der Waals surface area contributed by atoms with Crippen LogP contribution in [0.5, 0.6) is 0 Å². The molecule has 4 aliphatic carbocycles. The van der Waals surface area contributed by atoms with E-state index in [1.165, 1.54) is 14.0 Å². The minimum absolute atomic E-state index is 0.0130. The van der Waals surface area contributed by atoms with Gasteiger partial charge in [-0.25, -0.2) is 9.59 Å². The third-order valence-corrected chi connectivity index (χ3v) is 14.5. The van der Waals surface area contributed by atoms with Gasteiger partial charge in [0.1, 0.15) is 18.3 Å². The molecule has 0 unspecified atom stereocenters. The van der Waals surface area contributed by atoms with Crippen molar-refractivity contribution in [1.82, 2.24) is 0 Å². The van der Waals surface area contributed by atoms with Gasteiger partial charge in [-0.2, -0.15) is 0 Å². The number of fused-ring (bicyclic) bond motifs is 6. The lowest BCUT2D eigenvalue weighted by Crippen LogP contribution is -2.63. The predicted octanol–water partition coefficient (Wildman–Crippen LogP) is 8.56. The summed E-state index contributed by atoms with van der Waals surface area (Å²) in [5.74, 6) is -1.85. The monoisotopic (exact) mass is 750 g/mol. The van der Waals surface area contributed by atoms with Crippen LogP contribution in [0.15, 0.2) is 72.8 Å². The quantitative estimate of drug-likeness (QED) is 0.0868. The minimum atomic E-state index is -0.852. The first-order valence-electron chi connectivity index (χ1n) is 20.1. The number of carbonyl (C=O) groups is 5. The van der Waals surface area contributed by atoms with Crippen molar-refractivity contribution in [2.24, 2.45) is 46.3 Å². The molecule has 9 nitrogen and oxygen atoms in total. The van der Waals surface area contributed by atoms with Gasteiger partial charge in [-0.15, -0.1) is 0 Å². The number of Topliss-reactive ketones (excluding diaryl/α,β-unsaturated/α-hetero) is 1. The molecule has 7 rings (SSSR count). The standard InChI is InChI=1S/C46H54O9/c1-27(15-20-40(48)52-5)35-18-19-36-41-37(26-39(46(35,36)4)53-28(2)47)45(3)22-21-34(54-44(51)42(49)30-12-7-6-8-13-30)24-33(45)25-38(41)55-43(50)32-17-16-29-11-9-10-14-31(29)23-32/h6-14,16-17,23,27,33-39,41H,15,18-22,24-26H2,1-5H3/t27-,33-,34-,35-,36+,37+,38-,39+,41+,45+,46-/m1/s1. The summed E-state index contributed by atoms with van der Waals surface area (Å²) in [5.41, 5.74) is 0.182. The van der Waals surface area contributed by atoms with E-state index in [0.29, 0.717) is 49.7 Å². The fourth-order valence-corrected chi connectivity index (χ4v) is 11.8. The van der Waals surface area contributed by atoms with Crippen LogP contribution in [0.4, 0.5) is 0 Å². The van der Waals surface area contributed by atoms with E-state index >= 15 is 0 Å². The van der Waals surface area contributed by atoms with E-state index in [0.717, 1.165) is 30.0 Å². The molecule has 9 heteroatoms. The lowest BCUT2D eigenvalue weighted by Gasteiger charge is -2.64. The van der Waals surface area contributed by atoms with E-state index in [1.54, 1.807) is 30.3 Å². The molecule has 11 atom stereocenters. The van der Waals surface area contributed by atoms with Crippen molar-refractivity contribution in [3.8, 4) is 0 Å². The lowest BCUT2D eigenvalue weighted by atomic mass is 9.43. The molecule has 4 aliphatic rings. The Balaban J connectivity index is 1.21. The molecule has 0 spiro atoms. The molecule has 0 amide bonds. The van der Waals surface area contributed by atoms with Gasteiger partial charge in [-0.05, 0) is 109 Å². The first kappa shape index (κ1) is 38.7. The van der Waals surface area contributed by atoms with Crippen LogP contribution >= 0.6 is 0 Å². The molecule has 3 aromatic rings. The van der Waals surface area contributed by atoms with Gasteiger partial charge in [0.05, 0.1) is 12.7 Å². The van der Waals surface area contributed by atoms with Crippen LogP contribution in [0.25, 0.3) is 10.8 Å². The first-order valence-corrected chi connectivity index (χ1v) is 20.1. The van der Waals surface area contributed by atoms with Crippen LogP contribution in [0.3, 0.4) is 0 Å². The molecule has 0 N–H and O–H groups in total. The highest BCUT2D eigenvalue weighted by molar-refractivity contribution is 6.40. The van der Waals surface area contributed by atoms with E-state index < -0.39 is 29.4 Å². The molecule has 4 saturated carbocycles. The summed E-state index contributed by atoms with van der Waals surface area (Å²) < 4.78 is 23.9. The van der Waals surface area contributed by atoms with Crippen molar-refractivity contribution in [2.75, 3.05) is 7.11 Å². The molecule has 0 radical (unpaired) electrons. The summed E-state index contributed by atoms with van der Waals surface area (Å²) in [6.07, 6.45) is 4.75. The summed E-state index contributed by atoms with van der Waals surface area (Å²) in [7, 11) is 1.41. The Labute approximate surface area is 323 Å². The molecule has 4 fully saturated rings. The van der Waals surface area contributed by atoms with Gasteiger partial charge < -0.3 is 18.9 Å². The van der Waals surface area contributed by atoms with Gasteiger partial charge >= 0.3 is 23.9 Å². The zero-order valence-corrected chi connectivity index (χ0v) is 32.7. The molecule has 0 aromatic heterocycles. The van der Waals surface area contributed by atoms with Crippen LogP contribution in [0, 0.1) is 46.3 Å². The van der Waals surface area contributed by atoms with Crippen molar-refractivity contribution in [3.05, 3.63) is 83.9 Å². The molecule has 0 aliphatic heterocycles. The molecule has 0 saturated heterocycles. The maximum Gasteiger partial charge on any atom is 0.379 e. The second kappa shape index (κ2) is 15.5. The highest BCUT2D eigenvalue weighted by Crippen LogP contribution is 2.69. The normalized spacial score (nSPS) is 32.9. The molecular weight excluding hydrogens is 696 g/mol. The first-order chi connectivity index (χ1) is 26.3. The minimum Gasteiger partial charge on any atom is -0.469 e. The Morgan fingerprint density at radius 1 is 0.782 bits per heavy atom. The Bertz CT molecular complexity index is 1940. The molecular formula is C46H54O9. The Morgan fingerprint density at radius 3 is 2.24 bits per heavy atom. The average Bonchev–Trinajstić information content (AvgIpc) is 3.55. The maximum atomic E-state index is 14.2. The van der Waals surface area contributed by atoms with Crippen LogP contribution < -0.4 is 0 Å². The number of ketones is 1. The van der Waals surface area contributed by atoms with Crippen LogP contribution in [0.1, 0.15) is 106 Å². The summed E-state index contributed by atoms with van der Waals surface area (Å²) in [6.45, 7) is 8.26. The number of esters is 4. The zero-order chi connectivity index (χ0) is 39.1. The number of methoxy groups -OCH3 is 1. The fourth-order valence-electron chi connectivity index (χ4n) is 11.8. The summed E-state index contributed by atoms with van der Waals surface area (Å²) in [6, 6.07) is 22.0. The van der Waals surface area contributed by atoms with Crippen LogP contribution in [0.2, 0.25) is 0 Å². The van der Waals surface area contributed by atoms with Crippen LogP contribution in [-0.2, 0) is 33.3 Å². The number of hydrogen-bond acceptors (Lipinski definition) is 9. The Morgan fingerprint density at radius 2 is 1.51 bits per heavy atom. The number of hydrogen-bond donors (Lipinski definition) is 0. The SMILES string of the molecule is COC(=O)CC[C@@H](C)[C@H]1CC[C@H]2[C@@H]3[C@H](OC(=O)c4ccc5ccccc5c4)C[C@H]4C[C@H](OC(=O)C(=O)c5ccccc5)CC[C@]4(C)[C@H]3C[C@H](OC(C)=O)[C@]12C. The topological polar surface area (TPSA) is 122 Å². The second-order valence-corrected chi connectivity index (χ2v) is 17.2. The van der Waals surface area contributed by atoms with Gasteiger partial charge in [0.2, 0.25) is 0 Å². The highest BCUT2D eigenvalue weighted by atomic mass is 16.6. The van der Waals surface area contributed by atoms with Gasteiger partial charge in [-0.1, -0.05) is 81.4 Å². The Kier molecular flexibility index (Phi) is 10.9. The highest BCUT2D eigenvalue weighted by Gasteiger charge is 2.67. The summed E-state index contributed by atoms with van der Waals surface area (Å²) in [5, 5.41) is 2.00. The fraction of sp³-hybridized carbons (Fsp3) is 0.543. The van der Waals surface area contributed by atoms with Gasteiger partial charge in [0.25, 0.3) is 5.78 Å². The largest absolute Gasteiger partial charge is 0.469 e. The maximum absolute atomic E-state index is 14.2. The Hall–Kier alpha value is -4.53. The van der Waals surface area contributed by atoms with Gasteiger partial charge in [0.15, 0.2) is 0 Å². The van der Waals surface area contributed by atoms with Crippen molar-refractivity contribution in [1.29, 1.82) is 0 Å².